The van der Waals surface area contributed by atoms with Crippen molar-refractivity contribution in [3.8, 4) is 11.4 Å². The van der Waals surface area contributed by atoms with E-state index in [9.17, 15) is 0 Å². The number of ether oxygens (including phenoxy) is 1. The lowest BCUT2D eigenvalue weighted by atomic mass is 9.91. The standard InChI is InChI=1S/C33H36ClN5OS/c1-4-40-26-13-10-24(11-14-26)38-17-7-9-30(38)32-31(28-8-5-6-16-35-28)36-33(41)39(32)25-12-15-29(27(34)19-25)37-20-22(2)18-23(3)21-37/h5-17,19,22-23,31-32H,4,18,20-21H2,1-3H3,(H,36,41)/t22-,23+,31-,32+/m1/s1. The van der Waals surface area contributed by atoms with E-state index in [1.54, 1.807) is 0 Å². The molecule has 2 aromatic carbocycles. The number of halogens is 1. The lowest BCUT2D eigenvalue weighted by Crippen LogP contribution is -2.38. The van der Waals surface area contributed by atoms with E-state index in [1.807, 2.05) is 37.4 Å². The Morgan fingerprint density at radius 3 is 2.41 bits per heavy atom. The summed E-state index contributed by atoms with van der Waals surface area (Å²) in [6, 6.07) is 24.5. The molecule has 1 N–H and O–H groups in total. The zero-order valence-electron chi connectivity index (χ0n) is 23.7. The first kappa shape index (κ1) is 27.6. The van der Waals surface area contributed by atoms with E-state index in [1.165, 1.54) is 6.42 Å². The number of pyridine rings is 1. The van der Waals surface area contributed by atoms with E-state index >= 15 is 0 Å². The fourth-order valence-corrected chi connectivity index (χ4v) is 7.08. The number of hydrogen-bond acceptors (Lipinski definition) is 4. The molecule has 0 radical (unpaired) electrons. The lowest BCUT2D eigenvalue weighted by molar-refractivity contribution is 0.340. The molecule has 6 rings (SSSR count). The Balaban J connectivity index is 1.40. The Morgan fingerprint density at radius 1 is 0.976 bits per heavy atom. The summed E-state index contributed by atoms with van der Waals surface area (Å²) in [4.78, 5) is 9.33. The zero-order chi connectivity index (χ0) is 28.5. The predicted molar refractivity (Wildman–Crippen MR) is 171 cm³/mol. The fraction of sp³-hybridized carbons (Fsp3) is 0.333. The fourth-order valence-electron chi connectivity index (χ4n) is 6.44. The molecule has 2 aliphatic rings. The number of aromatic nitrogens is 2. The van der Waals surface area contributed by atoms with Crippen molar-refractivity contribution in [1.29, 1.82) is 0 Å². The first-order chi connectivity index (χ1) is 19.9. The van der Waals surface area contributed by atoms with Gasteiger partial charge in [0.25, 0.3) is 0 Å². The van der Waals surface area contributed by atoms with Crippen LogP contribution in [-0.2, 0) is 0 Å². The second-order valence-electron chi connectivity index (χ2n) is 11.2. The van der Waals surface area contributed by atoms with Crippen molar-refractivity contribution < 1.29 is 4.74 Å². The average Bonchev–Trinajstić information content (AvgIpc) is 3.58. The maximum absolute atomic E-state index is 7.02. The van der Waals surface area contributed by atoms with Gasteiger partial charge in [-0.05, 0) is 104 Å². The summed E-state index contributed by atoms with van der Waals surface area (Å²) in [5, 5.41) is 4.97. The van der Waals surface area contributed by atoms with Crippen LogP contribution in [0.3, 0.4) is 0 Å². The third-order valence-corrected chi connectivity index (χ3v) is 8.64. The van der Waals surface area contributed by atoms with Crippen molar-refractivity contribution >= 4 is 40.3 Å². The molecule has 4 aromatic rings. The monoisotopic (exact) mass is 585 g/mol. The van der Waals surface area contributed by atoms with Crippen molar-refractivity contribution in [3.05, 3.63) is 102 Å². The number of piperidine rings is 1. The summed E-state index contributed by atoms with van der Waals surface area (Å²) in [5.41, 5.74) is 5.12. The first-order valence-corrected chi connectivity index (χ1v) is 15.2. The lowest BCUT2D eigenvalue weighted by Gasteiger charge is -2.37. The minimum absolute atomic E-state index is 0.151. The third kappa shape index (κ3) is 5.53. The molecule has 0 bridgehead atoms. The van der Waals surface area contributed by atoms with Gasteiger partial charge in [-0.2, -0.15) is 0 Å². The number of benzene rings is 2. The van der Waals surface area contributed by atoms with E-state index in [0.29, 0.717) is 23.6 Å². The van der Waals surface area contributed by atoms with Gasteiger partial charge in [-0.15, -0.1) is 0 Å². The Kier molecular flexibility index (Phi) is 7.91. The van der Waals surface area contributed by atoms with Crippen LogP contribution in [-0.4, -0.2) is 34.4 Å². The van der Waals surface area contributed by atoms with Crippen molar-refractivity contribution in [3.63, 3.8) is 0 Å². The molecule has 4 heterocycles. The molecule has 0 unspecified atom stereocenters. The molecule has 0 spiro atoms. The molecule has 8 heteroatoms. The highest BCUT2D eigenvalue weighted by atomic mass is 35.5. The smallest absolute Gasteiger partial charge is 0.174 e. The van der Waals surface area contributed by atoms with Gasteiger partial charge in [0.2, 0.25) is 0 Å². The van der Waals surface area contributed by atoms with Gasteiger partial charge in [-0.1, -0.05) is 31.5 Å². The number of thiocarbonyl (C=S) groups is 1. The summed E-state index contributed by atoms with van der Waals surface area (Å²) in [7, 11) is 0. The van der Waals surface area contributed by atoms with Crippen LogP contribution >= 0.6 is 23.8 Å². The van der Waals surface area contributed by atoms with Gasteiger partial charge in [0.1, 0.15) is 11.8 Å². The highest BCUT2D eigenvalue weighted by Crippen LogP contribution is 2.44. The van der Waals surface area contributed by atoms with Crippen molar-refractivity contribution in [1.82, 2.24) is 14.9 Å². The van der Waals surface area contributed by atoms with E-state index in [-0.39, 0.29) is 12.1 Å². The summed E-state index contributed by atoms with van der Waals surface area (Å²) >= 11 is 13.0. The van der Waals surface area contributed by atoms with Crippen LogP contribution in [0.15, 0.2) is 85.2 Å². The maximum Gasteiger partial charge on any atom is 0.174 e. The number of nitrogens with zero attached hydrogens (tertiary/aromatic N) is 4. The molecule has 2 fully saturated rings. The van der Waals surface area contributed by atoms with Gasteiger partial charge in [-0.25, -0.2) is 0 Å². The largest absolute Gasteiger partial charge is 0.494 e. The molecule has 6 nitrogen and oxygen atoms in total. The number of nitrogens with one attached hydrogen (secondary N) is 1. The van der Waals surface area contributed by atoms with E-state index in [2.05, 4.69) is 88.3 Å². The molecule has 0 amide bonds. The normalized spacial score (nSPS) is 22.6. The predicted octanol–water partition coefficient (Wildman–Crippen LogP) is 7.58. The number of anilines is 2. The Bertz CT molecular complexity index is 1500. The third-order valence-electron chi connectivity index (χ3n) is 8.03. The second kappa shape index (κ2) is 11.7. The molecule has 2 aromatic heterocycles. The molecule has 2 aliphatic heterocycles. The van der Waals surface area contributed by atoms with Gasteiger partial charge in [0.15, 0.2) is 5.11 Å². The summed E-state index contributed by atoms with van der Waals surface area (Å²) in [6.45, 7) is 9.31. The van der Waals surface area contributed by atoms with E-state index in [4.69, 9.17) is 33.5 Å². The number of hydrogen-bond donors (Lipinski definition) is 1. The Labute approximate surface area is 252 Å². The number of rotatable bonds is 7. The molecule has 41 heavy (non-hydrogen) atoms. The minimum Gasteiger partial charge on any atom is -0.494 e. The molecule has 4 atom stereocenters. The first-order valence-electron chi connectivity index (χ1n) is 14.4. The zero-order valence-corrected chi connectivity index (χ0v) is 25.3. The maximum atomic E-state index is 7.02. The summed E-state index contributed by atoms with van der Waals surface area (Å²) in [5.74, 6) is 2.14. The van der Waals surface area contributed by atoms with Crippen LogP contribution in [0, 0.1) is 11.8 Å². The molecular weight excluding hydrogens is 550 g/mol. The molecule has 0 aliphatic carbocycles. The summed E-state index contributed by atoms with van der Waals surface area (Å²) in [6.07, 6.45) is 5.18. The van der Waals surface area contributed by atoms with Crippen LogP contribution in [0.1, 0.15) is 50.7 Å². The van der Waals surface area contributed by atoms with Gasteiger partial charge in [-0.3, -0.25) is 4.98 Å². The van der Waals surface area contributed by atoms with Crippen molar-refractivity contribution in [2.75, 3.05) is 29.5 Å². The second-order valence-corrected chi connectivity index (χ2v) is 12.0. The van der Waals surface area contributed by atoms with Crippen molar-refractivity contribution in [2.24, 2.45) is 11.8 Å². The highest BCUT2D eigenvalue weighted by molar-refractivity contribution is 7.80. The molecule has 2 saturated heterocycles. The van der Waals surface area contributed by atoms with E-state index in [0.717, 1.165) is 52.3 Å². The average molecular weight is 586 g/mol. The van der Waals surface area contributed by atoms with Crippen LogP contribution in [0.2, 0.25) is 5.02 Å². The van der Waals surface area contributed by atoms with Crippen LogP contribution < -0.4 is 19.9 Å². The van der Waals surface area contributed by atoms with Gasteiger partial charge in [0, 0.05) is 42.6 Å². The SMILES string of the molecule is CCOc1ccc(-n2cccc2[C@H]2[C@@H](c3ccccn3)NC(=S)N2c2ccc(N3C[C@H](C)C[C@H](C)C3)c(Cl)c2)cc1. The molecular formula is C33H36ClN5OS. The van der Waals surface area contributed by atoms with Gasteiger partial charge >= 0.3 is 0 Å². The van der Waals surface area contributed by atoms with E-state index < -0.39 is 0 Å². The van der Waals surface area contributed by atoms with Gasteiger partial charge in [0.05, 0.1) is 29.1 Å². The Hall–Kier alpha value is -3.55. The molecule has 212 valence electrons. The quantitative estimate of drug-likeness (QED) is 0.226. The van der Waals surface area contributed by atoms with Crippen molar-refractivity contribution in [2.45, 2.75) is 39.3 Å². The minimum atomic E-state index is -0.157. The highest BCUT2D eigenvalue weighted by Gasteiger charge is 2.42. The van der Waals surface area contributed by atoms with Crippen LogP contribution in [0.4, 0.5) is 11.4 Å². The van der Waals surface area contributed by atoms with Crippen LogP contribution in [0.5, 0.6) is 5.75 Å². The van der Waals surface area contributed by atoms with Gasteiger partial charge < -0.3 is 24.4 Å². The summed E-state index contributed by atoms with van der Waals surface area (Å²) < 4.78 is 7.89. The Morgan fingerprint density at radius 2 is 1.73 bits per heavy atom. The molecule has 0 saturated carbocycles. The van der Waals surface area contributed by atoms with Crippen LogP contribution in [0.25, 0.3) is 5.69 Å². The topological polar surface area (TPSA) is 45.6 Å².